The van der Waals surface area contributed by atoms with E-state index in [-0.39, 0.29) is 55.6 Å². The van der Waals surface area contributed by atoms with Gasteiger partial charge in [0.1, 0.15) is 0 Å². The fraction of sp³-hybridized carbons (Fsp3) is 0. The second-order valence-electron chi connectivity index (χ2n) is 10.8. The van der Waals surface area contributed by atoms with Crippen molar-refractivity contribution in [2.45, 2.75) is 0 Å². The van der Waals surface area contributed by atoms with E-state index in [0.717, 1.165) is 0 Å². The Morgan fingerprint density at radius 3 is 0.400 bits per heavy atom. The lowest BCUT2D eigenvalue weighted by molar-refractivity contribution is 0.0651. The van der Waals surface area contributed by atoms with Gasteiger partial charge < -0.3 is 51.1 Å². The highest BCUT2D eigenvalue weighted by Crippen LogP contribution is 2.11. The smallest absolute Gasteiger partial charge is 0.336 e. The lowest BCUT2D eigenvalue weighted by Crippen LogP contribution is -2.06. The number of carboxylic acids is 10. The quantitative estimate of drug-likeness (QED) is 0.0840. The summed E-state index contributed by atoms with van der Waals surface area (Å²) in [6.45, 7) is 0. The molecule has 20 heteroatoms. The maximum Gasteiger partial charge on any atom is 0.336 e. The van der Waals surface area contributed by atoms with Gasteiger partial charge in [-0.05, 0) is 72.8 Å². The predicted octanol–water partition coefficient (Wildman–Crippen LogP) is 5.42. The summed E-state index contributed by atoms with van der Waals surface area (Å²) in [6.07, 6.45) is 0. The van der Waals surface area contributed by atoms with Crippen molar-refractivity contribution in [1.82, 2.24) is 0 Å². The van der Waals surface area contributed by atoms with Gasteiger partial charge in [-0.1, -0.05) is 48.5 Å². The first-order chi connectivity index (χ1) is 28.1. The summed E-state index contributed by atoms with van der Waals surface area (Å²) >= 11 is 0. The van der Waals surface area contributed by atoms with E-state index >= 15 is 0 Å². The van der Waals surface area contributed by atoms with Crippen molar-refractivity contribution in [2.75, 3.05) is 0 Å². The SMILES string of the molecule is O=C(O)c1ccc(C(=O)O)cc1.O=C(O)c1ccccc1C(=O)O.O=C(O)c1ccccc1C(=O)O.O=C(O)c1ccccc1C(=O)O.O=C(O)c1ccccc1C(=O)O. The van der Waals surface area contributed by atoms with Crippen LogP contribution in [0.5, 0.6) is 0 Å². The normalized spacial score (nSPS) is 9.33. The third-order valence-corrected chi connectivity index (χ3v) is 6.93. The van der Waals surface area contributed by atoms with E-state index in [1.807, 2.05) is 0 Å². The first-order valence-corrected chi connectivity index (χ1v) is 15.9. The van der Waals surface area contributed by atoms with E-state index in [4.69, 9.17) is 51.1 Å². The van der Waals surface area contributed by atoms with Crippen LogP contribution >= 0.6 is 0 Å². The molecule has 0 aromatic heterocycles. The Kier molecular flexibility index (Phi) is 19.3. The zero-order valence-corrected chi connectivity index (χ0v) is 30.1. The number of hydrogen-bond donors (Lipinski definition) is 10. The lowest BCUT2D eigenvalue weighted by Gasteiger charge is -1.98. The number of carbonyl (C=O) groups is 10. The van der Waals surface area contributed by atoms with E-state index < -0.39 is 59.7 Å². The van der Waals surface area contributed by atoms with Crippen LogP contribution in [0.2, 0.25) is 0 Å². The Hall–Kier alpha value is -9.20. The number of rotatable bonds is 10. The van der Waals surface area contributed by atoms with Gasteiger partial charge >= 0.3 is 59.7 Å². The molecule has 0 radical (unpaired) electrons. The van der Waals surface area contributed by atoms with Crippen molar-refractivity contribution in [1.29, 1.82) is 0 Å². The van der Waals surface area contributed by atoms with Crippen LogP contribution in [0.1, 0.15) is 104 Å². The molecule has 0 spiro atoms. The zero-order valence-electron chi connectivity index (χ0n) is 30.1. The highest BCUT2D eigenvalue weighted by atomic mass is 16.4. The van der Waals surface area contributed by atoms with Gasteiger partial charge in [0.15, 0.2) is 0 Å². The van der Waals surface area contributed by atoms with Gasteiger partial charge in [0.2, 0.25) is 0 Å². The Labute approximate surface area is 335 Å². The molecule has 0 saturated heterocycles. The summed E-state index contributed by atoms with van der Waals surface area (Å²) in [4.78, 5) is 104. The van der Waals surface area contributed by atoms with Crippen LogP contribution in [0.25, 0.3) is 0 Å². The lowest BCUT2D eigenvalue weighted by atomic mass is 10.1. The first kappa shape index (κ1) is 48.8. The van der Waals surface area contributed by atoms with Crippen LogP contribution in [0.4, 0.5) is 0 Å². The summed E-state index contributed by atoms with van der Waals surface area (Å²) in [7, 11) is 0. The number of hydrogen-bond acceptors (Lipinski definition) is 10. The van der Waals surface area contributed by atoms with Gasteiger partial charge in [-0.3, -0.25) is 0 Å². The van der Waals surface area contributed by atoms with Crippen molar-refractivity contribution in [3.05, 3.63) is 177 Å². The molecule has 0 aliphatic heterocycles. The molecular weight excluding hydrogens is 800 g/mol. The Morgan fingerprint density at radius 1 is 0.200 bits per heavy atom. The largest absolute Gasteiger partial charge is 0.478 e. The van der Waals surface area contributed by atoms with Crippen LogP contribution in [-0.4, -0.2) is 111 Å². The summed E-state index contributed by atoms with van der Waals surface area (Å²) in [6, 6.07) is 26.9. The van der Waals surface area contributed by atoms with E-state index in [2.05, 4.69) is 0 Å². The molecule has 0 heterocycles. The molecule has 20 nitrogen and oxygen atoms in total. The number of aromatic carboxylic acids is 10. The second-order valence-corrected chi connectivity index (χ2v) is 10.8. The molecule has 5 aromatic rings. The van der Waals surface area contributed by atoms with E-state index in [9.17, 15) is 47.9 Å². The molecule has 0 bridgehead atoms. The van der Waals surface area contributed by atoms with Crippen molar-refractivity contribution < 1.29 is 99.0 Å². The molecule has 0 amide bonds. The number of benzene rings is 5. The van der Waals surface area contributed by atoms with Crippen molar-refractivity contribution in [3.63, 3.8) is 0 Å². The molecule has 0 aliphatic carbocycles. The summed E-state index contributed by atoms with van der Waals surface area (Å²) in [5.74, 6) is -12.0. The first-order valence-electron chi connectivity index (χ1n) is 15.9. The molecule has 5 aromatic carbocycles. The highest BCUT2D eigenvalue weighted by Gasteiger charge is 2.16. The molecule has 310 valence electrons. The van der Waals surface area contributed by atoms with Crippen LogP contribution in [0.3, 0.4) is 0 Å². The standard InChI is InChI=1S/5C8H6O4/c9-7(10)5-1-2-6(4-3-5)8(11)12;4*9-7(10)5-3-1-2-4-6(5)8(11)12/h5*1-4H,(H,9,10)(H,11,12). The van der Waals surface area contributed by atoms with Gasteiger partial charge in [-0.2, -0.15) is 0 Å². The summed E-state index contributed by atoms with van der Waals surface area (Å²) in [5.41, 5.74) is -1.35. The molecule has 0 unspecified atom stereocenters. The molecule has 60 heavy (non-hydrogen) atoms. The highest BCUT2D eigenvalue weighted by molar-refractivity contribution is 6.03. The summed E-state index contributed by atoms with van der Waals surface area (Å²) in [5, 5.41) is 85.3. The molecule has 0 saturated carbocycles. The van der Waals surface area contributed by atoms with Gasteiger partial charge in [-0.15, -0.1) is 0 Å². The van der Waals surface area contributed by atoms with Gasteiger partial charge in [0.25, 0.3) is 0 Å². The van der Waals surface area contributed by atoms with Crippen molar-refractivity contribution in [3.8, 4) is 0 Å². The van der Waals surface area contributed by atoms with Gasteiger partial charge in [0.05, 0.1) is 55.6 Å². The fourth-order valence-electron chi connectivity index (χ4n) is 4.18. The Bertz CT molecular complexity index is 1980. The monoisotopic (exact) mass is 830 g/mol. The van der Waals surface area contributed by atoms with Crippen molar-refractivity contribution >= 4 is 59.7 Å². The minimum absolute atomic E-state index is 0.0833. The molecule has 0 fully saturated rings. The number of carboxylic acid groups (broad SMARTS) is 10. The average Bonchev–Trinajstić information content (AvgIpc) is 3.21. The predicted molar refractivity (Wildman–Crippen MR) is 202 cm³/mol. The maximum atomic E-state index is 10.5. The molecular formula is C40H30O20. The molecule has 0 atom stereocenters. The topological polar surface area (TPSA) is 373 Å². The second kappa shape index (κ2) is 23.7. The minimum atomic E-state index is -1.23. The molecule has 5 rings (SSSR count). The van der Waals surface area contributed by atoms with Crippen LogP contribution in [-0.2, 0) is 0 Å². The summed E-state index contributed by atoms with van der Waals surface area (Å²) < 4.78 is 0. The third-order valence-electron chi connectivity index (χ3n) is 6.93. The maximum absolute atomic E-state index is 10.5. The van der Waals surface area contributed by atoms with E-state index in [1.165, 1.54) is 121 Å². The average molecular weight is 831 g/mol. The Morgan fingerprint density at radius 2 is 0.317 bits per heavy atom. The minimum Gasteiger partial charge on any atom is -0.478 e. The van der Waals surface area contributed by atoms with Gasteiger partial charge in [-0.25, -0.2) is 47.9 Å². The van der Waals surface area contributed by atoms with E-state index in [0.29, 0.717) is 0 Å². The van der Waals surface area contributed by atoms with Crippen LogP contribution in [0.15, 0.2) is 121 Å². The van der Waals surface area contributed by atoms with Crippen LogP contribution < -0.4 is 0 Å². The van der Waals surface area contributed by atoms with Crippen LogP contribution in [0, 0.1) is 0 Å². The molecule has 0 aliphatic rings. The van der Waals surface area contributed by atoms with Crippen molar-refractivity contribution in [2.24, 2.45) is 0 Å². The van der Waals surface area contributed by atoms with Gasteiger partial charge in [0, 0.05) is 0 Å². The third kappa shape index (κ3) is 15.5. The molecule has 10 N–H and O–H groups in total. The fourth-order valence-corrected chi connectivity index (χ4v) is 4.18. The Balaban J connectivity index is 0.000000375. The van der Waals surface area contributed by atoms with E-state index in [1.54, 1.807) is 0 Å². The zero-order chi connectivity index (χ0) is 45.7.